The first kappa shape index (κ1) is 20.5. The number of hydrogen-bond acceptors (Lipinski definition) is 3. The molecule has 0 atom stereocenters. The quantitative estimate of drug-likeness (QED) is 0.572. The van der Waals surface area contributed by atoms with Crippen LogP contribution >= 0.6 is 0 Å². The summed E-state index contributed by atoms with van der Waals surface area (Å²) in [7, 11) is 0. The van der Waals surface area contributed by atoms with Crippen molar-refractivity contribution in [3.05, 3.63) is 70.8 Å². The second kappa shape index (κ2) is 9.32. The first-order valence-electron chi connectivity index (χ1n) is 9.96. The maximum Gasteiger partial charge on any atom is 0.271 e. The maximum absolute atomic E-state index is 12.4. The van der Waals surface area contributed by atoms with E-state index >= 15 is 0 Å². The van der Waals surface area contributed by atoms with Gasteiger partial charge in [-0.25, -0.2) is 5.43 Å². The Morgan fingerprint density at radius 3 is 2.59 bits per heavy atom. The Morgan fingerprint density at radius 1 is 1.17 bits per heavy atom. The zero-order valence-electron chi connectivity index (χ0n) is 17.2. The summed E-state index contributed by atoms with van der Waals surface area (Å²) in [5.74, 6) is 0.305. The molecule has 1 fully saturated rings. The van der Waals surface area contributed by atoms with Crippen molar-refractivity contribution in [3.8, 4) is 0 Å². The number of amides is 2. The minimum absolute atomic E-state index is 0.0998. The van der Waals surface area contributed by atoms with E-state index < -0.39 is 0 Å². The lowest BCUT2D eigenvalue weighted by Crippen LogP contribution is -2.24. The smallest absolute Gasteiger partial charge is 0.271 e. The molecule has 1 saturated heterocycles. The van der Waals surface area contributed by atoms with Gasteiger partial charge in [0.2, 0.25) is 5.91 Å². The molecular formula is C24H27N3O2. The van der Waals surface area contributed by atoms with Crippen LogP contribution in [0.4, 0.5) is 5.69 Å². The molecule has 5 nitrogen and oxygen atoms in total. The van der Waals surface area contributed by atoms with Crippen molar-refractivity contribution in [2.45, 2.75) is 39.5 Å². The highest BCUT2D eigenvalue weighted by molar-refractivity contribution is 5.99. The summed E-state index contributed by atoms with van der Waals surface area (Å²) >= 11 is 0. The minimum Gasteiger partial charge on any atom is -0.312 e. The molecule has 150 valence electrons. The summed E-state index contributed by atoms with van der Waals surface area (Å²) in [6.07, 6.45) is 5.05. The zero-order valence-corrected chi connectivity index (χ0v) is 17.2. The molecule has 1 N–H and O–H groups in total. The van der Waals surface area contributed by atoms with Gasteiger partial charge in [0.25, 0.3) is 5.91 Å². The molecule has 0 spiro atoms. The molecule has 1 aliphatic heterocycles. The fourth-order valence-electron chi connectivity index (χ4n) is 3.27. The third kappa shape index (κ3) is 5.41. The van der Waals surface area contributed by atoms with Gasteiger partial charge in [-0.2, -0.15) is 5.10 Å². The summed E-state index contributed by atoms with van der Waals surface area (Å²) in [5, 5.41) is 4.06. The van der Waals surface area contributed by atoms with Crippen LogP contribution in [0.2, 0.25) is 0 Å². The second-order valence-corrected chi connectivity index (χ2v) is 7.61. The normalized spacial score (nSPS) is 14.8. The first-order valence-corrected chi connectivity index (χ1v) is 9.96. The van der Waals surface area contributed by atoms with Crippen molar-refractivity contribution >= 4 is 29.8 Å². The van der Waals surface area contributed by atoms with E-state index in [4.69, 9.17) is 0 Å². The van der Waals surface area contributed by atoms with E-state index in [1.807, 2.05) is 19.1 Å². The van der Waals surface area contributed by atoms with Gasteiger partial charge >= 0.3 is 0 Å². The molecular weight excluding hydrogens is 362 g/mol. The highest BCUT2D eigenvalue weighted by atomic mass is 16.2. The molecule has 1 aliphatic rings. The van der Waals surface area contributed by atoms with Gasteiger partial charge in [-0.15, -0.1) is 0 Å². The largest absolute Gasteiger partial charge is 0.312 e. The number of benzene rings is 2. The van der Waals surface area contributed by atoms with Crippen LogP contribution in [-0.4, -0.2) is 24.6 Å². The maximum atomic E-state index is 12.4. The Labute approximate surface area is 172 Å². The van der Waals surface area contributed by atoms with E-state index in [9.17, 15) is 9.59 Å². The Bertz CT molecular complexity index is 943. The second-order valence-electron chi connectivity index (χ2n) is 7.61. The molecule has 0 aromatic heterocycles. The number of hydrazone groups is 1. The van der Waals surface area contributed by atoms with E-state index in [1.165, 1.54) is 5.56 Å². The number of carbonyl (C=O) groups is 2. The Hall–Kier alpha value is -3.21. The lowest BCUT2D eigenvalue weighted by molar-refractivity contribution is -0.117. The summed E-state index contributed by atoms with van der Waals surface area (Å²) in [6, 6.07) is 15.5. The van der Waals surface area contributed by atoms with Gasteiger partial charge in [-0.05, 0) is 54.2 Å². The lowest BCUT2D eigenvalue weighted by Gasteiger charge is -2.16. The van der Waals surface area contributed by atoms with Crippen molar-refractivity contribution in [3.63, 3.8) is 0 Å². The number of nitrogens with zero attached hydrogens (tertiary/aromatic N) is 2. The summed E-state index contributed by atoms with van der Waals surface area (Å²) in [6.45, 7) is 6.98. The zero-order chi connectivity index (χ0) is 20.8. The molecule has 0 aliphatic carbocycles. The number of rotatable bonds is 6. The van der Waals surface area contributed by atoms with Crippen molar-refractivity contribution in [1.82, 2.24) is 5.43 Å². The van der Waals surface area contributed by atoms with E-state index in [-0.39, 0.29) is 11.8 Å². The first-order chi connectivity index (χ1) is 13.9. The van der Waals surface area contributed by atoms with Crippen LogP contribution in [0.5, 0.6) is 0 Å². The van der Waals surface area contributed by atoms with Crippen molar-refractivity contribution in [2.24, 2.45) is 5.10 Å². The summed E-state index contributed by atoms with van der Waals surface area (Å²) in [4.78, 5) is 26.0. The SMILES string of the molecule is C/C(C=NNC(=O)c1cccc(N2CCCC2=O)c1)=C/c1ccc(C(C)C)cc1. The van der Waals surface area contributed by atoms with Crippen molar-refractivity contribution in [2.75, 3.05) is 11.4 Å². The van der Waals surface area contributed by atoms with Crippen LogP contribution in [0.25, 0.3) is 6.08 Å². The number of anilines is 1. The van der Waals surface area contributed by atoms with E-state index in [0.717, 1.165) is 23.2 Å². The molecule has 0 unspecified atom stereocenters. The topological polar surface area (TPSA) is 61.8 Å². The molecule has 3 rings (SSSR count). The van der Waals surface area contributed by atoms with E-state index in [2.05, 4.69) is 48.6 Å². The molecule has 0 radical (unpaired) electrons. The number of hydrogen-bond donors (Lipinski definition) is 1. The molecule has 2 aromatic rings. The van der Waals surface area contributed by atoms with Crippen molar-refractivity contribution in [1.29, 1.82) is 0 Å². The number of allylic oxidation sites excluding steroid dienone is 1. The predicted octanol–water partition coefficient (Wildman–Crippen LogP) is 4.76. The third-order valence-corrected chi connectivity index (χ3v) is 4.93. The van der Waals surface area contributed by atoms with Gasteiger partial charge in [0.15, 0.2) is 0 Å². The van der Waals surface area contributed by atoms with Crippen LogP contribution in [0.3, 0.4) is 0 Å². The molecule has 1 heterocycles. The standard InChI is InChI=1S/C24H27N3O2/c1-17(2)20-11-9-19(10-12-20)14-18(3)16-25-26-24(29)21-6-4-7-22(15-21)27-13-5-8-23(27)28/h4,6-7,9-12,14-17H,5,8,13H2,1-3H3,(H,26,29)/b18-14-,25-16?. The number of carbonyl (C=O) groups excluding carboxylic acids is 2. The fraction of sp³-hybridized carbons (Fsp3) is 0.292. The van der Waals surface area contributed by atoms with E-state index in [0.29, 0.717) is 24.4 Å². The fourth-order valence-corrected chi connectivity index (χ4v) is 3.27. The molecule has 2 amide bonds. The van der Waals surface area contributed by atoms with Gasteiger partial charge in [0.05, 0.1) is 6.21 Å². The van der Waals surface area contributed by atoms with Gasteiger partial charge in [-0.3, -0.25) is 9.59 Å². The lowest BCUT2D eigenvalue weighted by atomic mass is 10.0. The van der Waals surface area contributed by atoms with Gasteiger partial charge in [0.1, 0.15) is 0 Å². The van der Waals surface area contributed by atoms with Gasteiger partial charge in [0, 0.05) is 24.2 Å². The molecule has 5 heteroatoms. The monoisotopic (exact) mass is 389 g/mol. The highest BCUT2D eigenvalue weighted by Crippen LogP contribution is 2.22. The van der Waals surface area contributed by atoms with Crippen LogP contribution in [0, 0.1) is 0 Å². The summed E-state index contributed by atoms with van der Waals surface area (Å²) < 4.78 is 0. The molecule has 0 bridgehead atoms. The molecule has 29 heavy (non-hydrogen) atoms. The molecule has 2 aromatic carbocycles. The Morgan fingerprint density at radius 2 is 1.93 bits per heavy atom. The Kier molecular flexibility index (Phi) is 6.60. The average Bonchev–Trinajstić information content (AvgIpc) is 3.14. The van der Waals surface area contributed by atoms with Gasteiger partial charge < -0.3 is 4.90 Å². The van der Waals surface area contributed by atoms with Crippen LogP contribution in [-0.2, 0) is 4.79 Å². The average molecular weight is 389 g/mol. The predicted molar refractivity (Wildman–Crippen MR) is 118 cm³/mol. The highest BCUT2D eigenvalue weighted by Gasteiger charge is 2.22. The van der Waals surface area contributed by atoms with Crippen LogP contribution in [0.1, 0.15) is 61.0 Å². The third-order valence-electron chi connectivity index (χ3n) is 4.93. The van der Waals surface area contributed by atoms with Crippen LogP contribution < -0.4 is 10.3 Å². The van der Waals surface area contributed by atoms with Crippen LogP contribution in [0.15, 0.2) is 59.2 Å². The minimum atomic E-state index is -0.302. The summed E-state index contributed by atoms with van der Waals surface area (Å²) in [5.41, 5.74) is 7.11. The Balaban J connectivity index is 1.61. The van der Waals surface area contributed by atoms with Crippen molar-refractivity contribution < 1.29 is 9.59 Å². The van der Waals surface area contributed by atoms with E-state index in [1.54, 1.807) is 29.3 Å². The van der Waals surface area contributed by atoms with Gasteiger partial charge in [-0.1, -0.05) is 50.3 Å². The number of nitrogens with one attached hydrogen (secondary N) is 1. The molecule has 0 saturated carbocycles.